The molecule has 0 aliphatic heterocycles. The second-order valence-electron chi connectivity index (χ2n) is 2.56. The van der Waals surface area contributed by atoms with Crippen LogP contribution < -0.4 is 0 Å². The maximum Gasteiger partial charge on any atom is 0.134 e. The van der Waals surface area contributed by atoms with Crippen molar-refractivity contribution in [1.29, 1.82) is 0 Å². The fourth-order valence-electron chi connectivity index (χ4n) is 1.05. The van der Waals surface area contributed by atoms with E-state index in [4.69, 9.17) is 0 Å². The van der Waals surface area contributed by atoms with Crippen LogP contribution in [-0.4, -0.2) is 20.3 Å². The van der Waals surface area contributed by atoms with Crippen molar-refractivity contribution in [3.05, 3.63) is 36.9 Å². The van der Waals surface area contributed by atoms with Gasteiger partial charge in [0.15, 0.2) is 0 Å². The summed E-state index contributed by atoms with van der Waals surface area (Å²) in [6.07, 6.45) is 6.27. The molecule has 0 aliphatic carbocycles. The van der Waals surface area contributed by atoms with Gasteiger partial charge in [-0.3, -0.25) is 4.98 Å². The van der Waals surface area contributed by atoms with E-state index < -0.39 is 0 Å². The van der Waals surface area contributed by atoms with Crippen molar-refractivity contribution in [2.45, 2.75) is 0 Å². The van der Waals surface area contributed by atoms with Gasteiger partial charge < -0.3 is 5.11 Å². The summed E-state index contributed by atoms with van der Waals surface area (Å²) in [5.74, 6) is 0.148. The van der Waals surface area contributed by atoms with E-state index in [2.05, 4.69) is 15.2 Å². The van der Waals surface area contributed by atoms with Gasteiger partial charge in [-0.15, -0.1) is 0 Å². The molecule has 0 aliphatic rings. The fourth-order valence-corrected chi connectivity index (χ4v) is 1.05. The standard InChI is InChI=1S/C9H7N3O/c13-9-3-8(4-10-6-9)7-1-2-11-12-5-7/h1-6,13H. The minimum Gasteiger partial charge on any atom is -0.506 e. The Morgan fingerprint density at radius 2 is 1.92 bits per heavy atom. The van der Waals surface area contributed by atoms with E-state index >= 15 is 0 Å². The third-order valence-electron chi connectivity index (χ3n) is 1.64. The first-order valence-corrected chi connectivity index (χ1v) is 3.77. The Bertz CT molecular complexity index is 403. The van der Waals surface area contributed by atoms with Gasteiger partial charge in [0.25, 0.3) is 0 Å². The van der Waals surface area contributed by atoms with Crippen LogP contribution in [-0.2, 0) is 0 Å². The molecule has 2 rings (SSSR count). The van der Waals surface area contributed by atoms with Gasteiger partial charge in [0, 0.05) is 17.3 Å². The van der Waals surface area contributed by atoms with Gasteiger partial charge in [0.05, 0.1) is 18.6 Å². The molecule has 0 amide bonds. The third kappa shape index (κ3) is 1.61. The first kappa shape index (κ1) is 7.67. The molecule has 2 aromatic rings. The van der Waals surface area contributed by atoms with Gasteiger partial charge in [-0.05, 0) is 12.1 Å². The Kier molecular flexibility index (Phi) is 1.88. The molecule has 0 saturated carbocycles. The molecule has 0 spiro atoms. The van der Waals surface area contributed by atoms with Crippen LogP contribution in [0.5, 0.6) is 5.75 Å². The number of rotatable bonds is 1. The Hall–Kier alpha value is -1.97. The number of hydrogen-bond acceptors (Lipinski definition) is 4. The molecule has 0 bridgehead atoms. The SMILES string of the molecule is Oc1cncc(-c2ccnnc2)c1. The van der Waals surface area contributed by atoms with E-state index in [1.165, 1.54) is 6.20 Å². The molecule has 0 saturated heterocycles. The molecule has 64 valence electrons. The monoisotopic (exact) mass is 173 g/mol. The predicted octanol–water partition coefficient (Wildman–Crippen LogP) is 1.24. The van der Waals surface area contributed by atoms with Crippen molar-refractivity contribution in [1.82, 2.24) is 15.2 Å². The van der Waals surface area contributed by atoms with E-state index in [0.717, 1.165) is 11.1 Å². The summed E-state index contributed by atoms with van der Waals surface area (Å²) >= 11 is 0. The normalized spacial score (nSPS) is 9.85. The summed E-state index contributed by atoms with van der Waals surface area (Å²) in [7, 11) is 0. The van der Waals surface area contributed by atoms with Crippen molar-refractivity contribution in [3.63, 3.8) is 0 Å². The number of nitrogens with zero attached hydrogens (tertiary/aromatic N) is 3. The van der Waals surface area contributed by atoms with Crippen molar-refractivity contribution in [2.75, 3.05) is 0 Å². The fraction of sp³-hybridized carbons (Fsp3) is 0. The van der Waals surface area contributed by atoms with E-state index in [1.54, 1.807) is 24.7 Å². The average molecular weight is 173 g/mol. The van der Waals surface area contributed by atoms with Crippen molar-refractivity contribution < 1.29 is 5.11 Å². The topological polar surface area (TPSA) is 58.9 Å². The lowest BCUT2D eigenvalue weighted by Crippen LogP contribution is -1.83. The smallest absolute Gasteiger partial charge is 0.134 e. The maximum atomic E-state index is 9.18. The Balaban J connectivity index is 2.48. The zero-order valence-corrected chi connectivity index (χ0v) is 6.75. The van der Waals surface area contributed by atoms with Crippen LogP contribution in [0.4, 0.5) is 0 Å². The summed E-state index contributed by atoms with van der Waals surface area (Å²) in [6, 6.07) is 3.44. The summed E-state index contributed by atoms with van der Waals surface area (Å²) in [6.45, 7) is 0. The Labute approximate surface area is 74.9 Å². The van der Waals surface area contributed by atoms with Crippen molar-refractivity contribution in [2.24, 2.45) is 0 Å². The summed E-state index contributed by atoms with van der Waals surface area (Å²) in [5, 5.41) is 16.6. The molecule has 0 atom stereocenters. The van der Waals surface area contributed by atoms with Crippen LogP contribution in [0.25, 0.3) is 11.1 Å². The van der Waals surface area contributed by atoms with Gasteiger partial charge in [-0.25, -0.2) is 0 Å². The lowest BCUT2D eigenvalue weighted by molar-refractivity contribution is 0.473. The summed E-state index contributed by atoms with van der Waals surface area (Å²) in [5.41, 5.74) is 1.72. The molecule has 0 fully saturated rings. The van der Waals surface area contributed by atoms with Crippen LogP contribution in [0.15, 0.2) is 36.9 Å². The van der Waals surface area contributed by atoms with Crippen molar-refractivity contribution >= 4 is 0 Å². The molecule has 2 heterocycles. The van der Waals surface area contributed by atoms with Gasteiger partial charge >= 0.3 is 0 Å². The van der Waals surface area contributed by atoms with E-state index in [0.29, 0.717) is 0 Å². The predicted molar refractivity (Wildman–Crippen MR) is 46.9 cm³/mol. The molecule has 4 nitrogen and oxygen atoms in total. The second-order valence-corrected chi connectivity index (χ2v) is 2.56. The minimum atomic E-state index is 0.148. The first-order chi connectivity index (χ1) is 6.36. The van der Waals surface area contributed by atoms with Crippen LogP contribution in [0, 0.1) is 0 Å². The molecular formula is C9H7N3O. The number of aromatic hydroxyl groups is 1. The molecule has 1 N–H and O–H groups in total. The maximum absolute atomic E-state index is 9.18. The highest BCUT2D eigenvalue weighted by molar-refractivity contribution is 5.61. The third-order valence-corrected chi connectivity index (χ3v) is 1.64. The molecule has 0 unspecified atom stereocenters. The number of aromatic nitrogens is 3. The minimum absolute atomic E-state index is 0.148. The lowest BCUT2D eigenvalue weighted by atomic mass is 10.1. The van der Waals surface area contributed by atoms with Gasteiger partial charge in [-0.2, -0.15) is 10.2 Å². The van der Waals surface area contributed by atoms with Crippen LogP contribution in [0.3, 0.4) is 0 Å². The van der Waals surface area contributed by atoms with E-state index in [-0.39, 0.29) is 5.75 Å². The quantitative estimate of drug-likeness (QED) is 0.704. The first-order valence-electron chi connectivity index (χ1n) is 3.77. The highest BCUT2D eigenvalue weighted by Crippen LogP contribution is 2.19. The van der Waals surface area contributed by atoms with Gasteiger partial charge in [0.2, 0.25) is 0 Å². The molecule has 2 aromatic heterocycles. The molecule has 0 aromatic carbocycles. The summed E-state index contributed by atoms with van der Waals surface area (Å²) in [4.78, 5) is 3.86. The average Bonchev–Trinajstić information content (AvgIpc) is 2.19. The van der Waals surface area contributed by atoms with Gasteiger partial charge in [0.1, 0.15) is 5.75 Å². The van der Waals surface area contributed by atoms with Crippen LogP contribution >= 0.6 is 0 Å². The molecule has 13 heavy (non-hydrogen) atoms. The number of hydrogen-bond donors (Lipinski definition) is 1. The van der Waals surface area contributed by atoms with E-state index in [9.17, 15) is 5.11 Å². The number of pyridine rings is 1. The highest BCUT2D eigenvalue weighted by atomic mass is 16.3. The highest BCUT2D eigenvalue weighted by Gasteiger charge is 1.98. The van der Waals surface area contributed by atoms with Gasteiger partial charge in [-0.1, -0.05) is 0 Å². The van der Waals surface area contributed by atoms with E-state index in [1.807, 2.05) is 6.07 Å². The largest absolute Gasteiger partial charge is 0.506 e. The molecule has 0 radical (unpaired) electrons. The Morgan fingerprint density at radius 3 is 2.62 bits per heavy atom. The lowest BCUT2D eigenvalue weighted by Gasteiger charge is -1.98. The molecule has 4 heteroatoms. The van der Waals surface area contributed by atoms with Crippen LogP contribution in [0.1, 0.15) is 0 Å². The second kappa shape index (κ2) is 3.18. The van der Waals surface area contributed by atoms with Crippen molar-refractivity contribution in [3.8, 4) is 16.9 Å². The summed E-state index contributed by atoms with van der Waals surface area (Å²) < 4.78 is 0. The molecular weight excluding hydrogens is 166 g/mol. The Morgan fingerprint density at radius 1 is 1.00 bits per heavy atom. The zero-order chi connectivity index (χ0) is 9.10. The zero-order valence-electron chi connectivity index (χ0n) is 6.75. The van der Waals surface area contributed by atoms with Crippen LogP contribution in [0.2, 0.25) is 0 Å².